The van der Waals surface area contributed by atoms with Gasteiger partial charge in [0, 0.05) is 6.61 Å². The van der Waals surface area contributed by atoms with Gasteiger partial charge < -0.3 is 5.11 Å². The van der Waals surface area contributed by atoms with Crippen molar-refractivity contribution in [3.63, 3.8) is 0 Å². The van der Waals surface area contributed by atoms with E-state index in [0.29, 0.717) is 24.4 Å². The molecule has 1 heteroatoms. The van der Waals surface area contributed by atoms with Gasteiger partial charge in [0.15, 0.2) is 0 Å². The van der Waals surface area contributed by atoms with Crippen LogP contribution in [-0.2, 0) is 0 Å². The Morgan fingerprint density at radius 2 is 1.59 bits per heavy atom. The predicted molar refractivity (Wildman–Crippen MR) is 77.0 cm³/mol. The zero-order valence-electron chi connectivity index (χ0n) is 12.7. The van der Waals surface area contributed by atoms with Gasteiger partial charge in [0.05, 0.1) is 0 Å². The summed E-state index contributed by atoms with van der Waals surface area (Å²) in [5.41, 5.74) is 1.27. The van der Waals surface area contributed by atoms with Crippen LogP contribution in [0.3, 0.4) is 0 Å². The summed E-state index contributed by atoms with van der Waals surface area (Å²) in [5, 5.41) is 9.13. The number of aliphatic hydroxyl groups excluding tert-OH is 1. The molecule has 0 rings (SSSR count). The van der Waals surface area contributed by atoms with Gasteiger partial charge in [-0.2, -0.15) is 0 Å². The van der Waals surface area contributed by atoms with E-state index in [-0.39, 0.29) is 0 Å². The van der Waals surface area contributed by atoms with E-state index in [1.54, 1.807) is 0 Å². The molecule has 0 aromatic carbocycles. The first kappa shape index (κ1) is 16.7. The molecule has 0 aliphatic carbocycles. The molecule has 0 fully saturated rings. The molecule has 0 saturated carbocycles. The molecule has 0 aromatic heterocycles. The second kappa shape index (κ2) is 7.92. The lowest BCUT2D eigenvalue weighted by molar-refractivity contribution is 0.138. The average molecular weight is 240 g/mol. The number of hydrogen-bond donors (Lipinski definition) is 1. The summed E-state index contributed by atoms with van der Waals surface area (Å²) in [6, 6.07) is 0. The van der Waals surface area contributed by atoms with E-state index in [0.717, 1.165) is 24.7 Å². The summed E-state index contributed by atoms with van der Waals surface area (Å²) in [7, 11) is 0. The Balaban J connectivity index is 4.71. The van der Waals surface area contributed by atoms with E-state index in [1.165, 1.54) is 5.57 Å². The predicted octanol–water partition coefficient (Wildman–Crippen LogP) is 4.52. The van der Waals surface area contributed by atoms with Crippen LogP contribution >= 0.6 is 0 Å². The van der Waals surface area contributed by atoms with Gasteiger partial charge in [-0.25, -0.2) is 0 Å². The molecule has 0 bridgehead atoms. The highest BCUT2D eigenvalue weighted by atomic mass is 16.3. The summed E-state index contributed by atoms with van der Waals surface area (Å²) in [5.74, 6) is 3.36. The Morgan fingerprint density at radius 1 is 1.06 bits per heavy atom. The molecule has 102 valence electrons. The van der Waals surface area contributed by atoms with Crippen molar-refractivity contribution in [2.75, 3.05) is 6.61 Å². The minimum absolute atomic E-state index is 0.302. The number of allylic oxidation sites excluding steroid dienone is 1. The van der Waals surface area contributed by atoms with Gasteiger partial charge in [0.25, 0.3) is 0 Å². The van der Waals surface area contributed by atoms with Gasteiger partial charge in [0.2, 0.25) is 0 Å². The summed E-state index contributed by atoms with van der Waals surface area (Å²) < 4.78 is 0. The lowest BCUT2D eigenvalue weighted by atomic mass is 9.70. The highest BCUT2D eigenvalue weighted by Gasteiger charge is 2.28. The van der Waals surface area contributed by atoms with Crippen molar-refractivity contribution in [1.82, 2.24) is 0 Å². The molecule has 0 saturated heterocycles. The van der Waals surface area contributed by atoms with Gasteiger partial charge >= 0.3 is 0 Å². The van der Waals surface area contributed by atoms with E-state index < -0.39 is 0 Å². The van der Waals surface area contributed by atoms with Gasteiger partial charge in [-0.15, -0.1) is 6.58 Å². The van der Waals surface area contributed by atoms with Crippen LogP contribution in [0.1, 0.15) is 54.4 Å². The minimum atomic E-state index is 0.302. The molecule has 0 amide bonds. The van der Waals surface area contributed by atoms with Crippen molar-refractivity contribution in [1.29, 1.82) is 0 Å². The summed E-state index contributed by atoms with van der Waals surface area (Å²) in [6.07, 6.45) is 2.01. The van der Waals surface area contributed by atoms with E-state index in [4.69, 9.17) is 5.11 Å². The van der Waals surface area contributed by atoms with Crippen LogP contribution in [0.25, 0.3) is 0 Å². The maximum absolute atomic E-state index is 9.13. The van der Waals surface area contributed by atoms with Crippen molar-refractivity contribution < 1.29 is 5.11 Å². The fourth-order valence-corrected chi connectivity index (χ4v) is 2.72. The third-order valence-electron chi connectivity index (χ3n) is 4.46. The summed E-state index contributed by atoms with van der Waals surface area (Å²) >= 11 is 0. The largest absolute Gasteiger partial charge is 0.396 e. The van der Waals surface area contributed by atoms with Crippen LogP contribution in [0.5, 0.6) is 0 Å². The quantitative estimate of drug-likeness (QED) is 0.619. The van der Waals surface area contributed by atoms with E-state index in [9.17, 15) is 0 Å². The first-order valence-corrected chi connectivity index (χ1v) is 7.06. The van der Waals surface area contributed by atoms with Crippen LogP contribution in [0, 0.1) is 29.6 Å². The second-order valence-electron chi connectivity index (χ2n) is 6.28. The molecule has 1 N–H and O–H groups in total. The van der Waals surface area contributed by atoms with Gasteiger partial charge in [0.1, 0.15) is 0 Å². The first-order valence-electron chi connectivity index (χ1n) is 7.06. The summed E-state index contributed by atoms with van der Waals surface area (Å²) in [4.78, 5) is 0. The Hall–Kier alpha value is -0.300. The summed E-state index contributed by atoms with van der Waals surface area (Å²) in [6.45, 7) is 18.1. The first-order chi connectivity index (χ1) is 7.81. The maximum atomic E-state index is 9.13. The number of hydrogen-bond acceptors (Lipinski definition) is 1. The molecule has 0 heterocycles. The number of aliphatic hydroxyl groups is 1. The number of rotatable bonds is 8. The molecule has 0 aliphatic heterocycles. The zero-order chi connectivity index (χ0) is 13.6. The van der Waals surface area contributed by atoms with Crippen LogP contribution in [0.4, 0.5) is 0 Å². The topological polar surface area (TPSA) is 20.2 Å². The van der Waals surface area contributed by atoms with Crippen molar-refractivity contribution >= 4 is 0 Å². The molecule has 0 radical (unpaired) electrons. The molecular weight excluding hydrogens is 208 g/mol. The smallest absolute Gasteiger partial charge is 0.0433 e. The molecule has 0 aromatic rings. The van der Waals surface area contributed by atoms with Crippen molar-refractivity contribution in [3.05, 3.63) is 12.2 Å². The SMILES string of the molecule is C=C(C)CC(C(C)CCO)C(C)C(C)C(C)C. The normalized spacial score (nSPS) is 18.8. The Kier molecular flexibility index (Phi) is 7.78. The highest BCUT2D eigenvalue weighted by Crippen LogP contribution is 2.36. The second-order valence-corrected chi connectivity index (χ2v) is 6.28. The Bertz CT molecular complexity index is 220. The van der Waals surface area contributed by atoms with Crippen LogP contribution in [0.15, 0.2) is 12.2 Å². The third kappa shape index (κ3) is 5.72. The van der Waals surface area contributed by atoms with Crippen LogP contribution in [0.2, 0.25) is 0 Å². The fourth-order valence-electron chi connectivity index (χ4n) is 2.72. The van der Waals surface area contributed by atoms with Crippen LogP contribution < -0.4 is 0 Å². The molecular formula is C16H32O. The van der Waals surface area contributed by atoms with Crippen molar-refractivity contribution in [2.45, 2.75) is 54.4 Å². The third-order valence-corrected chi connectivity index (χ3v) is 4.46. The standard InChI is InChI=1S/C16H32O/c1-11(2)10-16(13(5)8-9-17)15(7)14(6)12(3)4/h12-17H,1,8-10H2,2-7H3. The van der Waals surface area contributed by atoms with E-state index in [1.807, 2.05) is 0 Å². The van der Waals surface area contributed by atoms with Crippen molar-refractivity contribution in [3.8, 4) is 0 Å². The van der Waals surface area contributed by atoms with Gasteiger partial charge in [-0.3, -0.25) is 0 Å². The molecule has 1 nitrogen and oxygen atoms in total. The lowest BCUT2D eigenvalue weighted by Crippen LogP contribution is -2.28. The minimum Gasteiger partial charge on any atom is -0.396 e. The molecule has 4 atom stereocenters. The van der Waals surface area contributed by atoms with Gasteiger partial charge in [-0.1, -0.05) is 40.2 Å². The van der Waals surface area contributed by atoms with Crippen LogP contribution in [-0.4, -0.2) is 11.7 Å². The Morgan fingerprint density at radius 3 is 1.94 bits per heavy atom. The average Bonchev–Trinajstić information content (AvgIpc) is 2.23. The van der Waals surface area contributed by atoms with Crippen molar-refractivity contribution in [2.24, 2.45) is 29.6 Å². The Labute approximate surface area is 108 Å². The van der Waals surface area contributed by atoms with Gasteiger partial charge in [-0.05, 0) is 49.4 Å². The highest BCUT2D eigenvalue weighted by molar-refractivity contribution is 4.93. The maximum Gasteiger partial charge on any atom is 0.0433 e. The van der Waals surface area contributed by atoms with E-state index >= 15 is 0 Å². The van der Waals surface area contributed by atoms with E-state index in [2.05, 4.69) is 48.1 Å². The molecule has 4 unspecified atom stereocenters. The molecule has 0 aliphatic rings. The fraction of sp³-hybridized carbons (Fsp3) is 0.875. The molecule has 0 spiro atoms. The monoisotopic (exact) mass is 240 g/mol. The molecule has 17 heavy (non-hydrogen) atoms. The zero-order valence-corrected chi connectivity index (χ0v) is 12.7. The lowest BCUT2D eigenvalue weighted by Gasteiger charge is -2.35.